The van der Waals surface area contributed by atoms with Crippen molar-refractivity contribution in [3.63, 3.8) is 0 Å². The van der Waals surface area contributed by atoms with E-state index in [1.165, 1.54) is 24.5 Å². The fourth-order valence-electron chi connectivity index (χ4n) is 3.13. The zero-order valence-corrected chi connectivity index (χ0v) is 16.2. The summed E-state index contributed by atoms with van der Waals surface area (Å²) in [6.07, 6.45) is 2.64. The molecule has 0 aliphatic carbocycles. The van der Waals surface area contributed by atoms with Crippen LogP contribution in [0.3, 0.4) is 0 Å². The SMILES string of the molecule is O=c1cc(-c2ccccc2Cl)n(S(=O)(=O)c2ccncc2)c2cc(O)cc(O)c12. The second-order valence-electron chi connectivity index (χ2n) is 6.19. The third-order valence-electron chi connectivity index (χ3n) is 4.37. The third-order valence-corrected chi connectivity index (χ3v) is 6.44. The maximum Gasteiger partial charge on any atom is 0.268 e. The molecule has 0 unspecified atom stereocenters. The fourth-order valence-corrected chi connectivity index (χ4v) is 4.85. The number of nitrogens with zero attached hydrogens (tertiary/aromatic N) is 2. The van der Waals surface area contributed by atoms with Gasteiger partial charge < -0.3 is 10.2 Å². The lowest BCUT2D eigenvalue weighted by Gasteiger charge is -2.18. The van der Waals surface area contributed by atoms with Crippen LogP contribution in [0, 0.1) is 0 Å². The summed E-state index contributed by atoms with van der Waals surface area (Å²) in [7, 11) is -4.25. The Labute approximate surface area is 170 Å². The van der Waals surface area contributed by atoms with Crippen LogP contribution >= 0.6 is 11.6 Å². The molecule has 0 saturated carbocycles. The zero-order valence-electron chi connectivity index (χ0n) is 14.7. The highest BCUT2D eigenvalue weighted by Crippen LogP contribution is 2.35. The maximum absolute atomic E-state index is 13.5. The van der Waals surface area contributed by atoms with E-state index < -0.39 is 27.0 Å². The summed E-state index contributed by atoms with van der Waals surface area (Å²) in [5.74, 6) is -0.932. The van der Waals surface area contributed by atoms with E-state index >= 15 is 0 Å². The number of hydrogen-bond donors (Lipinski definition) is 2. The van der Waals surface area contributed by atoms with Crippen LogP contribution in [0.4, 0.5) is 0 Å². The van der Waals surface area contributed by atoms with Crippen LogP contribution in [-0.4, -0.2) is 27.6 Å². The highest BCUT2D eigenvalue weighted by Gasteiger charge is 2.26. The third kappa shape index (κ3) is 3.12. The Balaban J connectivity index is 2.25. The van der Waals surface area contributed by atoms with E-state index in [0.717, 1.165) is 22.2 Å². The predicted molar refractivity (Wildman–Crippen MR) is 109 cm³/mol. The number of benzene rings is 2. The lowest BCUT2D eigenvalue weighted by atomic mass is 10.1. The quantitative estimate of drug-likeness (QED) is 0.517. The summed E-state index contributed by atoms with van der Waals surface area (Å²) in [6.45, 7) is 0. The van der Waals surface area contributed by atoms with Gasteiger partial charge in [-0.05, 0) is 18.2 Å². The first-order valence-corrected chi connectivity index (χ1v) is 10.1. The van der Waals surface area contributed by atoms with Crippen LogP contribution in [0.5, 0.6) is 11.5 Å². The molecular weight excluding hydrogens is 416 g/mol. The molecule has 0 atom stereocenters. The molecule has 2 aromatic carbocycles. The smallest absolute Gasteiger partial charge is 0.268 e. The molecule has 0 spiro atoms. The van der Waals surface area contributed by atoms with E-state index in [1.54, 1.807) is 24.3 Å². The Morgan fingerprint density at radius 3 is 2.34 bits per heavy atom. The van der Waals surface area contributed by atoms with Gasteiger partial charge in [-0.25, -0.2) is 12.4 Å². The van der Waals surface area contributed by atoms with Gasteiger partial charge in [0, 0.05) is 41.2 Å². The van der Waals surface area contributed by atoms with Gasteiger partial charge in [0.15, 0.2) is 5.43 Å². The molecule has 0 bridgehead atoms. The monoisotopic (exact) mass is 428 g/mol. The Morgan fingerprint density at radius 2 is 1.66 bits per heavy atom. The van der Waals surface area contributed by atoms with Crippen molar-refractivity contribution in [2.45, 2.75) is 4.90 Å². The van der Waals surface area contributed by atoms with E-state index in [0.29, 0.717) is 5.56 Å². The van der Waals surface area contributed by atoms with E-state index in [1.807, 2.05) is 0 Å². The van der Waals surface area contributed by atoms with Crippen LogP contribution in [-0.2, 0) is 10.0 Å². The Kier molecular flexibility index (Phi) is 4.52. The van der Waals surface area contributed by atoms with Gasteiger partial charge in [-0.1, -0.05) is 29.8 Å². The molecular formula is C20H13ClN2O5S. The van der Waals surface area contributed by atoms with E-state index in [2.05, 4.69) is 4.98 Å². The minimum Gasteiger partial charge on any atom is -0.508 e. The molecule has 0 aliphatic rings. The van der Waals surface area contributed by atoms with Crippen LogP contribution in [0.25, 0.3) is 22.2 Å². The summed E-state index contributed by atoms with van der Waals surface area (Å²) in [6, 6.07) is 12.2. The van der Waals surface area contributed by atoms with Crippen molar-refractivity contribution in [1.82, 2.24) is 8.96 Å². The van der Waals surface area contributed by atoms with Gasteiger partial charge in [-0.2, -0.15) is 0 Å². The first kappa shape index (κ1) is 19.0. The molecule has 4 rings (SSSR count). The van der Waals surface area contributed by atoms with Crippen molar-refractivity contribution < 1.29 is 18.6 Å². The largest absolute Gasteiger partial charge is 0.508 e. The summed E-state index contributed by atoms with van der Waals surface area (Å²) in [5, 5.41) is 20.2. The Bertz CT molecular complexity index is 1420. The number of hydrogen-bond acceptors (Lipinski definition) is 6. The second-order valence-corrected chi connectivity index (χ2v) is 8.38. The minimum absolute atomic E-state index is 0.00471. The number of aromatic hydroxyl groups is 2. The topological polar surface area (TPSA) is 109 Å². The van der Waals surface area contributed by atoms with Gasteiger partial charge in [-0.15, -0.1) is 0 Å². The van der Waals surface area contributed by atoms with Crippen LogP contribution in [0.2, 0.25) is 5.02 Å². The number of phenols is 2. The molecule has 7 nitrogen and oxygen atoms in total. The summed E-state index contributed by atoms with van der Waals surface area (Å²) in [5.41, 5.74) is -0.501. The molecule has 0 radical (unpaired) electrons. The molecule has 0 amide bonds. The van der Waals surface area contributed by atoms with Gasteiger partial charge in [0.25, 0.3) is 10.0 Å². The number of aromatic nitrogens is 2. The Hall–Kier alpha value is -3.36. The zero-order chi connectivity index (χ0) is 20.8. The highest BCUT2D eigenvalue weighted by atomic mass is 35.5. The second kappa shape index (κ2) is 6.91. The van der Waals surface area contributed by atoms with Crippen LogP contribution < -0.4 is 5.43 Å². The minimum atomic E-state index is -4.25. The first-order chi connectivity index (χ1) is 13.8. The van der Waals surface area contributed by atoms with Gasteiger partial charge in [0.05, 0.1) is 21.5 Å². The molecule has 0 fully saturated rings. The van der Waals surface area contributed by atoms with Gasteiger partial charge in [0.2, 0.25) is 0 Å². The average Bonchev–Trinajstić information content (AvgIpc) is 2.68. The van der Waals surface area contributed by atoms with Crippen molar-refractivity contribution in [3.05, 3.63) is 82.2 Å². The van der Waals surface area contributed by atoms with Crippen molar-refractivity contribution in [2.75, 3.05) is 0 Å². The van der Waals surface area contributed by atoms with Crippen molar-refractivity contribution in [2.24, 2.45) is 0 Å². The number of phenolic OH excluding ortho intramolecular Hbond substituents is 2. The molecule has 4 aromatic rings. The van der Waals surface area contributed by atoms with Crippen molar-refractivity contribution in [3.8, 4) is 22.8 Å². The van der Waals surface area contributed by atoms with Gasteiger partial charge >= 0.3 is 0 Å². The van der Waals surface area contributed by atoms with Crippen LogP contribution in [0.1, 0.15) is 0 Å². The van der Waals surface area contributed by atoms with E-state index in [-0.39, 0.29) is 26.5 Å². The molecule has 29 heavy (non-hydrogen) atoms. The summed E-state index contributed by atoms with van der Waals surface area (Å²) >= 11 is 6.27. The lowest BCUT2D eigenvalue weighted by Crippen LogP contribution is -2.20. The van der Waals surface area contributed by atoms with Gasteiger partial charge in [-0.3, -0.25) is 9.78 Å². The maximum atomic E-state index is 13.5. The fraction of sp³-hybridized carbons (Fsp3) is 0. The standard InChI is InChI=1S/C20H13ClN2O5S/c21-15-4-2-1-3-14(15)16-11-19(26)20-17(9-12(24)10-18(20)25)23(16)29(27,28)13-5-7-22-8-6-13/h1-11,24-25H. The number of halogens is 1. The number of rotatable bonds is 3. The molecule has 9 heteroatoms. The molecule has 0 aliphatic heterocycles. The van der Waals surface area contributed by atoms with Crippen LogP contribution in [0.15, 0.2) is 76.7 Å². The predicted octanol–water partition coefficient (Wildman–Crippen LogP) is 3.37. The first-order valence-electron chi connectivity index (χ1n) is 8.33. The van der Waals surface area contributed by atoms with Crippen molar-refractivity contribution in [1.29, 1.82) is 0 Å². The normalized spacial score (nSPS) is 11.6. The van der Waals surface area contributed by atoms with E-state index in [9.17, 15) is 23.4 Å². The average molecular weight is 429 g/mol. The van der Waals surface area contributed by atoms with Crippen molar-refractivity contribution >= 4 is 32.5 Å². The molecule has 0 saturated heterocycles. The molecule has 2 aromatic heterocycles. The Morgan fingerprint density at radius 1 is 0.966 bits per heavy atom. The molecule has 2 heterocycles. The molecule has 2 N–H and O–H groups in total. The number of fused-ring (bicyclic) bond motifs is 1. The lowest BCUT2D eigenvalue weighted by molar-refractivity contribution is 0.454. The highest BCUT2D eigenvalue weighted by molar-refractivity contribution is 7.90. The van der Waals surface area contributed by atoms with Gasteiger partial charge in [0.1, 0.15) is 11.5 Å². The summed E-state index contributed by atoms with van der Waals surface area (Å²) < 4.78 is 27.9. The summed E-state index contributed by atoms with van der Waals surface area (Å²) in [4.78, 5) is 16.5. The van der Waals surface area contributed by atoms with E-state index in [4.69, 9.17) is 11.6 Å². The molecule has 146 valence electrons. The number of pyridine rings is 2.